The normalized spacial score (nSPS) is 11.0. The van der Waals surface area contributed by atoms with Crippen LogP contribution in [0.1, 0.15) is 32.2 Å². The summed E-state index contributed by atoms with van der Waals surface area (Å²) in [7, 11) is 0. The summed E-state index contributed by atoms with van der Waals surface area (Å²) in [6.45, 7) is 1.63. The summed E-state index contributed by atoms with van der Waals surface area (Å²) in [4.78, 5) is 25.7. The summed E-state index contributed by atoms with van der Waals surface area (Å²) in [5, 5.41) is 7.49. The molecular weight excluding hydrogens is 448 g/mol. The highest BCUT2D eigenvalue weighted by atomic mass is 79.9. The molecule has 0 saturated heterocycles. The lowest BCUT2D eigenvalue weighted by Gasteiger charge is -2.05. The number of aromatic nitrogens is 1. The van der Waals surface area contributed by atoms with Crippen LogP contribution in [0.15, 0.2) is 62.1 Å². The van der Waals surface area contributed by atoms with Crippen LogP contribution in [0.4, 0.5) is 5.69 Å². The Hall–Kier alpha value is -2.90. The van der Waals surface area contributed by atoms with Gasteiger partial charge in [-0.05, 0) is 49.4 Å². The van der Waals surface area contributed by atoms with Gasteiger partial charge in [0.2, 0.25) is 5.78 Å². The molecule has 1 N–H and O–H groups in total. The Morgan fingerprint density at radius 2 is 1.89 bits per heavy atom. The largest absolute Gasteiger partial charge is 0.450 e. The van der Waals surface area contributed by atoms with Crippen LogP contribution in [0.2, 0.25) is 5.02 Å². The number of halogens is 2. The van der Waals surface area contributed by atoms with E-state index in [1.807, 2.05) is 0 Å². The third kappa shape index (κ3) is 3.34. The van der Waals surface area contributed by atoms with Gasteiger partial charge in [-0.25, -0.2) is 0 Å². The maximum absolute atomic E-state index is 13.0. The van der Waals surface area contributed by atoms with E-state index in [0.29, 0.717) is 27.3 Å². The van der Waals surface area contributed by atoms with Crippen LogP contribution in [-0.4, -0.2) is 16.8 Å². The van der Waals surface area contributed by atoms with Crippen molar-refractivity contribution in [3.63, 3.8) is 0 Å². The van der Waals surface area contributed by atoms with E-state index in [1.54, 1.807) is 49.4 Å². The van der Waals surface area contributed by atoms with Crippen molar-refractivity contribution >= 4 is 55.9 Å². The SMILES string of the molecule is Cc1oncc1C(=O)Nc1c(C(=O)c2ccc(Cl)cc2)oc2ccc(Br)cc12. The van der Waals surface area contributed by atoms with Gasteiger partial charge in [0, 0.05) is 20.4 Å². The number of nitrogens with one attached hydrogen (secondary N) is 1. The molecule has 0 atom stereocenters. The van der Waals surface area contributed by atoms with Crippen molar-refractivity contribution in [1.82, 2.24) is 5.16 Å². The molecular formula is C20H12BrClN2O4. The number of aryl methyl sites for hydroxylation is 1. The second-order valence-electron chi connectivity index (χ2n) is 6.03. The first-order chi connectivity index (χ1) is 13.4. The fraction of sp³-hybridized carbons (Fsp3) is 0.0500. The molecule has 2 heterocycles. The van der Waals surface area contributed by atoms with E-state index in [9.17, 15) is 9.59 Å². The topological polar surface area (TPSA) is 85.3 Å². The number of fused-ring (bicyclic) bond motifs is 1. The zero-order valence-electron chi connectivity index (χ0n) is 14.5. The predicted molar refractivity (Wildman–Crippen MR) is 108 cm³/mol. The van der Waals surface area contributed by atoms with Crippen LogP contribution in [0.25, 0.3) is 11.0 Å². The van der Waals surface area contributed by atoms with Crippen LogP contribution in [0.5, 0.6) is 0 Å². The van der Waals surface area contributed by atoms with E-state index in [0.717, 1.165) is 4.47 Å². The van der Waals surface area contributed by atoms with Gasteiger partial charge in [0.25, 0.3) is 5.91 Å². The number of benzene rings is 2. The highest BCUT2D eigenvalue weighted by Crippen LogP contribution is 2.35. The highest BCUT2D eigenvalue weighted by molar-refractivity contribution is 9.10. The van der Waals surface area contributed by atoms with E-state index < -0.39 is 5.91 Å². The first-order valence-corrected chi connectivity index (χ1v) is 9.36. The Labute approximate surface area is 172 Å². The molecule has 4 rings (SSSR count). The number of hydrogen-bond donors (Lipinski definition) is 1. The van der Waals surface area contributed by atoms with Crippen molar-refractivity contribution in [2.75, 3.05) is 5.32 Å². The fourth-order valence-electron chi connectivity index (χ4n) is 2.78. The third-order valence-corrected chi connectivity index (χ3v) is 4.94. The minimum Gasteiger partial charge on any atom is -0.450 e. The van der Waals surface area contributed by atoms with E-state index in [2.05, 4.69) is 26.4 Å². The molecule has 0 aliphatic carbocycles. The van der Waals surface area contributed by atoms with Crippen LogP contribution in [0, 0.1) is 6.92 Å². The van der Waals surface area contributed by atoms with Gasteiger partial charge in [0.1, 0.15) is 16.9 Å². The number of carbonyl (C=O) groups is 2. The van der Waals surface area contributed by atoms with E-state index in [-0.39, 0.29) is 22.8 Å². The monoisotopic (exact) mass is 458 g/mol. The minimum atomic E-state index is -0.452. The first-order valence-electron chi connectivity index (χ1n) is 8.19. The Kier molecular flexibility index (Phi) is 4.78. The number of anilines is 1. The Balaban J connectivity index is 1.83. The molecule has 6 nitrogen and oxygen atoms in total. The first kappa shape index (κ1) is 18.5. The minimum absolute atomic E-state index is 0.0258. The molecule has 0 bridgehead atoms. The number of amides is 1. The standard InChI is InChI=1S/C20H12BrClN2O4/c1-10-15(9-23-28-10)20(26)24-17-14-8-12(21)4-7-16(14)27-19(17)18(25)11-2-5-13(22)6-3-11/h2-9H,1H3,(H,24,26). The lowest BCUT2D eigenvalue weighted by Crippen LogP contribution is -2.14. The maximum Gasteiger partial charge on any atom is 0.261 e. The van der Waals surface area contributed by atoms with Gasteiger partial charge in [-0.1, -0.05) is 32.7 Å². The van der Waals surface area contributed by atoms with Crippen LogP contribution in [0.3, 0.4) is 0 Å². The number of rotatable bonds is 4. The van der Waals surface area contributed by atoms with Gasteiger partial charge in [-0.15, -0.1) is 0 Å². The van der Waals surface area contributed by atoms with Crippen molar-refractivity contribution in [3.8, 4) is 0 Å². The molecule has 0 unspecified atom stereocenters. The summed E-state index contributed by atoms with van der Waals surface area (Å²) in [5.41, 5.74) is 1.41. The molecule has 28 heavy (non-hydrogen) atoms. The van der Waals surface area contributed by atoms with Crippen molar-refractivity contribution < 1.29 is 18.5 Å². The van der Waals surface area contributed by atoms with Crippen molar-refractivity contribution in [2.45, 2.75) is 6.92 Å². The van der Waals surface area contributed by atoms with E-state index >= 15 is 0 Å². The van der Waals surface area contributed by atoms with Crippen LogP contribution < -0.4 is 5.32 Å². The molecule has 2 aromatic carbocycles. The van der Waals surface area contributed by atoms with Crippen LogP contribution in [-0.2, 0) is 0 Å². The fourth-order valence-corrected chi connectivity index (χ4v) is 3.27. The summed E-state index contributed by atoms with van der Waals surface area (Å²) >= 11 is 9.31. The molecule has 4 aromatic rings. The van der Waals surface area contributed by atoms with Crippen molar-refractivity contribution in [2.24, 2.45) is 0 Å². The van der Waals surface area contributed by atoms with Gasteiger partial charge in [-0.3, -0.25) is 9.59 Å². The van der Waals surface area contributed by atoms with Crippen LogP contribution >= 0.6 is 27.5 Å². The Bertz CT molecular complexity index is 1210. The lowest BCUT2D eigenvalue weighted by molar-refractivity contribution is 0.101. The molecule has 0 radical (unpaired) electrons. The Morgan fingerprint density at radius 3 is 2.57 bits per heavy atom. The van der Waals surface area contributed by atoms with Gasteiger partial charge in [-0.2, -0.15) is 0 Å². The second-order valence-corrected chi connectivity index (χ2v) is 7.38. The van der Waals surface area contributed by atoms with Crippen molar-refractivity contribution in [3.05, 3.63) is 80.8 Å². The van der Waals surface area contributed by atoms with Gasteiger partial charge in [0.15, 0.2) is 5.76 Å². The van der Waals surface area contributed by atoms with E-state index in [4.69, 9.17) is 20.5 Å². The molecule has 0 spiro atoms. The second kappa shape index (κ2) is 7.26. The van der Waals surface area contributed by atoms with Gasteiger partial charge < -0.3 is 14.3 Å². The summed E-state index contributed by atoms with van der Waals surface area (Å²) in [6.07, 6.45) is 1.32. The number of hydrogen-bond acceptors (Lipinski definition) is 5. The molecule has 140 valence electrons. The lowest BCUT2D eigenvalue weighted by atomic mass is 10.1. The summed E-state index contributed by atoms with van der Waals surface area (Å²) < 4.78 is 11.5. The molecule has 1 amide bonds. The van der Waals surface area contributed by atoms with E-state index in [1.165, 1.54) is 6.20 Å². The summed E-state index contributed by atoms with van der Waals surface area (Å²) in [6, 6.07) is 11.7. The zero-order chi connectivity index (χ0) is 19.8. The predicted octanol–water partition coefficient (Wildman–Crippen LogP) is 5.63. The van der Waals surface area contributed by atoms with Crippen molar-refractivity contribution in [1.29, 1.82) is 0 Å². The summed E-state index contributed by atoms with van der Waals surface area (Å²) in [5.74, 6) is -0.428. The molecule has 0 fully saturated rings. The number of carbonyl (C=O) groups excluding carboxylic acids is 2. The maximum atomic E-state index is 13.0. The quantitative estimate of drug-likeness (QED) is 0.400. The highest BCUT2D eigenvalue weighted by Gasteiger charge is 2.25. The van der Waals surface area contributed by atoms with Gasteiger partial charge in [0.05, 0.1) is 11.9 Å². The number of furan rings is 1. The third-order valence-electron chi connectivity index (χ3n) is 4.20. The Morgan fingerprint density at radius 1 is 1.14 bits per heavy atom. The molecule has 0 aliphatic heterocycles. The van der Waals surface area contributed by atoms with Gasteiger partial charge >= 0.3 is 0 Å². The number of ketones is 1. The smallest absolute Gasteiger partial charge is 0.261 e. The number of nitrogens with zero attached hydrogens (tertiary/aromatic N) is 1. The zero-order valence-corrected chi connectivity index (χ0v) is 16.8. The molecule has 0 saturated carbocycles. The molecule has 0 aliphatic rings. The molecule has 2 aromatic heterocycles. The average Bonchev–Trinajstić information content (AvgIpc) is 3.25. The average molecular weight is 460 g/mol. The molecule has 8 heteroatoms.